The van der Waals surface area contributed by atoms with Crippen LogP contribution in [-0.2, 0) is 4.79 Å². The molecular formula is C27H33N5O4S. The summed E-state index contributed by atoms with van der Waals surface area (Å²) in [7, 11) is 0. The van der Waals surface area contributed by atoms with Gasteiger partial charge in [-0.3, -0.25) is 19.3 Å². The van der Waals surface area contributed by atoms with Crippen molar-refractivity contribution in [3.63, 3.8) is 0 Å². The Labute approximate surface area is 220 Å². The summed E-state index contributed by atoms with van der Waals surface area (Å²) in [5, 5.41) is 12.9. The summed E-state index contributed by atoms with van der Waals surface area (Å²) in [5.41, 5.74) is 12.6. The lowest BCUT2D eigenvalue weighted by Gasteiger charge is -2.34. The van der Waals surface area contributed by atoms with Gasteiger partial charge < -0.3 is 21.9 Å². The van der Waals surface area contributed by atoms with Crippen LogP contribution >= 0.6 is 11.5 Å². The molecule has 1 aromatic heterocycles. The van der Waals surface area contributed by atoms with Crippen molar-refractivity contribution < 1.29 is 19.5 Å². The first-order valence-electron chi connectivity index (χ1n) is 12.0. The summed E-state index contributed by atoms with van der Waals surface area (Å²) in [6.45, 7) is 9.85. The van der Waals surface area contributed by atoms with E-state index in [-0.39, 0.29) is 27.9 Å². The van der Waals surface area contributed by atoms with Crippen molar-refractivity contribution in [3.05, 3.63) is 70.2 Å². The second-order valence-corrected chi connectivity index (χ2v) is 10.6. The van der Waals surface area contributed by atoms with Gasteiger partial charge in [0.15, 0.2) is 5.69 Å². The molecule has 2 aromatic carbocycles. The average Bonchev–Trinajstić information content (AvgIpc) is 3.24. The number of rotatable bonds is 9. The Bertz CT molecular complexity index is 1280. The zero-order chi connectivity index (χ0) is 27.5. The lowest BCUT2D eigenvalue weighted by molar-refractivity contribution is -0.124. The maximum absolute atomic E-state index is 14.1. The van der Waals surface area contributed by atoms with Gasteiger partial charge in [0.05, 0.1) is 5.69 Å². The number of nitrogens with zero attached hydrogens (tertiary/aromatic N) is 2. The third-order valence-electron chi connectivity index (χ3n) is 6.27. The first kappa shape index (κ1) is 27.7. The van der Waals surface area contributed by atoms with Crippen molar-refractivity contribution in [2.75, 3.05) is 10.6 Å². The van der Waals surface area contributed by atoms with E-state index in [1.54, 1.807) is 24.3 Å². The van der Waals surface area contributed by atoms with Gasteiger partial charge in [0.25, 0.3) is 11.8 Å². The normalized spacial score (nSPS) is 12.3. The fraction of sp³-hybridized carbons (Fsp3) is 0.333. The molecule has 1 heterocycles. The number of nitrogens with two attached hydrogens (primary N) is 2. The van der Waals surface area contributed by atoms with Crippen molar-refractivity contribution >= 4 is 40.6 Å². The summed E-state index contributed by atoms with van der Waals surface area (Å²) in [6, 6.07) is 12.3. The molecule has 0 spiro atoms. The molecule has 196 valence electrons. The van der Waals surface area contributed by atoms with Crippen molar-refractivity contribution in [2.24, 2.45) is 5.73 Å². The van der Waals surface area contributed by atoms with Gasteiger partial charge in [0, 0.05) is 11.2 Å². The number of primary amides is 1. The molecule has 0 aliphatic heterocycles. The predicted octanol–water partition coefficient (Wildman–Crippen LogP) is 4.35. The van der Waals surface area contributed by atoms with Crippen molar-refractivity contribution in [3.8, 4) is 5.75 Å². The molecule has 6 N–H and O–H groups in total. The highest BCUT2D eigenvalue weighted by atomic mass is 32.1. The molecule has 0 bridgehead atoms. The van der Waals surface area contributed by atoms with E-state index < -0.39 is 29.3 Å². The van der Waals surface area contributed by atoms with Crippen molar-refractivity contribution in [1.82, 2.24) is 9.69 Å². The third kappa shape index (κ3) is 6.08. The molecule has 0 aliphatic carbocycles. The molecule has 3 aromatic rings. The van der Waals surface area contributed by atoms with E-state index in [2.05, 4.69) is 23.5 Å². The minimum atomic E-state index is -1.12. The maximum atomic E-state index is 14.1. The highest BCUT2D eigenvalue weighted by Gasteiger charge is 2.37. The van der Waals surface area contributed by atoms with Crippen LogP contribution in [-0.4, -0.2) is 32.7 Å². The Morgan fingerprint density at radius 2 is 1.62 bits per heavy atom. The fourth-order valence-electron chi connectivity index (χ4n) is 3.71. The van der Waals surface area contributed by atoms with Crippen LogP contribution in [0.2, 0.25) is 0 Å². The topological polar surface area (TPSA) is 152 Å². The molecule has 0 radical (unpaired) electrons. The molecule has 3 rings (SSSR count). The SMILES string of the molecule is CCC(C)(C)NC(=O)[C@@H](c1ccc(O)cc1)N(C(=O)c1snc(C(N)=O)c1N)c1ccc(C(C)C)cc1. The summed E-state index contributed by atoms with van der Waals surface area (Å²) < 4.78 is 3.97. The molecule has 0 aliphatic rings. The minimum Gasteiger partial charge on any atom is -0.508 e. The van der Waals surface area contributed by atoms with Gasteiger partial charge in [-0.2, -0.15) is 4.37 Å². The largest absolute Gasteiger partial charge is 0.508 e. The number of carbonyl (C=O) groups is 3. The standard InChI is InChI=1S/C27H33N5O4S/c1-6-27(4,5)30-25(35)22(17-9-13-19(33)14-10-17)32(18-11-7-16(8-12-18)15(2)3)26(36)23-20(28)21(24(29)34)31-37-23/h7-15,22,33H,6,28H2,1-5H3,(H2,29,34)(H,30,35)/t22-/m1/s1. The lowest BCUT2D eigenvalue weighted by atomic mass is 9.97. The maximum Gasteiger partial charge on any atom is 0.273 e. The van der Waals surface area contributed by atoms with E-state index in [1.165, 1.54) is 17.0 Å². The summed E-state index contributed by atoms with van der Waals surface area (Å²) in [6.07, 6.45) is 0.655. The number of phenolic OH excluding ortho intramolecular Hbond substituents is 1. The van der Waals surface area contributed by atoms with E-state index >= 15 is 0 Å². The molecule has 9 nitrogen and oxygen atoms in total. The Morgan fingerprint density at radius 1 is 1.05 bits per heavy atom. The number of aromatic nitrogens is 1. The lowest BCUT2D eigenvalue weighted by Crippen LogP contribution is -2.50. The summed E-state index contributed by atoms with van der Waals surface area (Å²) >= 11 is 0.749. The van der Waals surface area contributed by atoms with Crippen LogP contribution in [0.25, 0.3) is 0 Å². The number of aromatic hydroxyl groups is 1. The Hall–Kier alpha value is -3.92. The average molecular weight is 524 g/mol. The molecule has 0 fully saturated rings. The molecule has 0 unspecified atom stereocenters. The monoisotopic (exact) mass is 523 g/mol. The van der Waals surface area contributed by atoms with E-state index in [4.69, 9.17) is 11.5 Å². The van der Waals surface area contributed by atoms with Crippen LogP contribution in [0, 0.1) is 0 Å². The van der Waals surface area contributed by atoms with Crippen LogP contribution in [0.1, 0.15) is 84.3 Å². The molecule has 0 saturated carbocycles. The Kier molecular flexibility index (Phi) is 8.22. The number of carbonyl (C=O) groups excluding carboxylic acids is 3. The zero-order valence-electron chi connectivity index (χ0n) is 21.6. The third-order valence-corrected chi connectivity index (χ3v) is 7.12. The number of phenols is 1. The number of amides is 3. The molecule has 3 amide bonds. The number of anilines is 2. The van der Waals surface area contributed by atoms with E-state index in [0.29, 0.717) is 17.7 Å². The van der Waals surface area contributed by atoms with Gasteiger partial charge in [-0.1, -0.05) is 45.0 Å². The quantitative estimate of drug-likeness (QED) is 0.327. The number of nitrogens with one attached hydrogen (secondary N) is 1. The van der Waals surface area contributed by atoms with Crippen LogP contribution in [0.4, 0.5) is 11.4 Å². The van der Waals surface area contributed by atoms with Crippen LogP contribution in [0.5, 0.6) is 5.75 Å². The van der Waals surface area contributed by atoms with Crippen molar-refractivity contribution in [1.29, 1.82) is 0 Å². The van der Waals surface area contributed by atoms with Gasteiger partial charge >= 0.3 is 0 Å². The Morgan fingerprint density at radius 3 is 2.11 bits per heavy atom. The number of hydrogen-bond acceptors (Lipinski definition) is 7. The highest BCUT2D eigenvalue weighted by molar-refractivity contribution is 7.09. The second-order valence-electron chi connectivity index (χ2n) is 9.78. The summed E-state index contributed by atoms with van der Waals surface area (Å²) in [4.78, 5) is 41.0. The smallest absolute Gasteiger partial charge is 0.273 e. The van der Waals surface area contributed by atoms with Crippen molar-refractivity contribution in [2.45, 2.75) is 58.5 Å². The minimum absolute atomic E-state index is 0.00642. The fourth-order valence-corrected chi connectivity index (χ4v) is 4.45. The number of nitrogen functional groups attached to an aromatic ring is 1. The molecule has 1 atom stereocenters. The first-order valence-corrected chi connectivity index (χ1v) is 12.7. The van der Waals surface area contributed by atoms with Crippen LogP contribution in [0.3, 0.4) is 0 Å². The van der Waals surface area contributed by atoms with Gasteiger partial charge in [-0.15, -0.1) is 0 Å². The first-order chi connectivity index (χ1) is 17.4. The predicted molar refractivity (Wildman–Crippen MR) is 146 cm³/mol. The molecule has 37 heavy (non-hydrogen) atoms. The van der Waals surface area contributed by atoms with Gasteiger partial charge in [-0.05, 0) is 73.1 Å². The van der Waals surface area contributed by atoms with Gasteiger partial charge in [-0.25, -0.2) is 0 Å². The number of benzene rings is 2. The highest BCUT2D eigenvalue weighted by Crippen LogP contribution is 2.34. The van der Waals surface area contributed by atoms with E-state index in [9.17, 15) is 19.5 Å². The second kappa shape index (κ2) is 11.0. The molecular weight excluding hydrogens is 490 g/mol. The molecule has 0 saturated heterocycles. The zero-order valence-corrected chi connectivity index (χ0v) is 22.4. The van der Waals surface area contributed by atoms with Crippen LogP contribution < -0.4 is 21.7 Å². The van der Waals surface area contributed by atoms with Crippen LogP contribution in [0.15, 0.2) is 48.5 Å². The van der Waals surface area contributed by atoms with Gasteiger partial charge in [0.2, 0.25) is 5.91 Å². The Balaban J connectivity index is 2.23. The summed E-state index contributed by atoms with van der Waals surface area (Å²) in [5.74, 6) is -1.60. The van der Waals surface area contributed by atoms with Gasteiger partial charge in [0.1, 0.15) is 16.7 Å². The molecule has 10 heteroatoms. The van der Waals surface area contributed by atoms with E-state index in [1.807, 2.05) is 32.9 Å². The number of hydrogen-bond donors (Lipinski definition) is 4. The van der Waals surface area contributed by atoms with E-state index in [0.717, 1.165) is 17.1 Å².